The van der Waals surface area contributed by atoms with Crippen LogP contribution in [0, 0.1) is 21.7 Å². The molecule has 0 amide bonds. The lowest BCUT2D eigenvalue weighted by Gasteiger charge is -2.26. The lowest BCUT2D eigenvalue weighted by molar-refractivity contribution is -0.157. The average Bonchev–Trinajstić information content (AvgIpc) is 2.71. The number of aldehydes is 1. The number of carbonyl (C=O) groups excluding carboxylic acids is 4. The largest absolute Gasteiger partial charge is 0.463 e. The Morgan fingerprint density at radius 3 is 1.38 bits per heavy atom. The van der Waals surface area contributed by atoms with Gasteiger partial charge in [-0.25, -0.2) is 0 Å². The molecule has 7 heteroatoms. The van der Waals surface area contributed by atoms with Crippen LogP contribution < -0.4 is 0 Å². The van der Waals surface area contributed by atoms with Gasteiger partial charge in [-0.3, -0.25) is 14.4 Å². The second kappa shape index (κ2) is 14.0. The molecular weight excluding hydrogens is 436 g/mol. The van der Waals surface area contributed by atoms with Crippen molar-refractivity contribution in [1.82, 2.24) is 0 Å². The Morgan fingerprint density at radius 1 is 0.618 bits per heavy atom. The molecule has 0 aromatic carbocycles. The molecule has 0 fully saturated rings. The van der Waals surface area contributed by atoms with Gasteiger partial charge in [0.25, 0.3) is 0 Å². The molecule has 0 aliphatic carbocycles. The summed E-state index contributed by atoms with van der Waals surface area (Å²) >= 11 is 0. The van der Waals surface area contributed by atoms with Crippen LogP contribution in [0.15, 0.2) is 0 Å². The van der Waals surface area contributed by atoms with E-state index in [4.69, 9.17) is 14.2 Å². The molecule has 0 rings (SSSR count). The van der Waals surface area contributed by atoms with Crippen molar-refractivity contribution in [3.63, 3.8) is 0 Å². The molecule has 0 bridgehead atoms. The van der Waals surface area contributed by atoms with E-state index in [9.17, 15) is 19.2 Å². The minimum Gasteiger partial charge on any atom is -0.463 e. The van der Waals surface area contributed by atoms with Crippen LogP contribution in [-0.2, 0) is 33.4 Å². The molecule has 0 aromatic rings. The van der Waals surface area contributed by atoms with Gasteiger partial charge in [-0.2, -0.15) is 0 Å². The maximum absolute atomic E-state index is 12.4. The molecule has 0 saturated carbocycles. The van der Waals surface area contributed by atoms with Crippen LogP contribution in [-0.4, -0.2) is 50.4 Å². The molecule has 0 spiro atoms. The molecular formula is C27H48O7. The van der Waals surface area contributed by atoms with Gasteiger partial charge in [0, 0.05) is 10.8 Å². The highest BCUT2D eigenvalue weighted by Gasteiger charge is 2.31. The van der Waals surface area contributed by atoms with Gasteiger partial charge in [0.15, 0.2) is 0 Å². The Labute approximate surface area is 206 Å². The minimum atomic E-state index is -0.630. The Hall–Kier alpha value is -1.76. The highest BCUT2D eigenvalue weighted by molar-refractivity contribution is 5.81. The summed E-state index contributed by atoms with van der Waals surface area (Å²) in [4.78, 5) is 47.3. The topological polar surface area (TPSA) is 96.0 Å². The van der Waals surface area contributed by atoms with Crippen LogP contribution >= 0.6 is 0 Å². The average molecular weight is 485 g/mol. The van der Waals surface area contributed by atoms with Gasteiger partial charge in [0.2, 0.25) is 0 Å². The fraction of sp³-hybridized carbons (Fsp3) is 0.852. The van der Waals surface area contributed by atoms with Gasteiger partial charge in [0.05, 0.1) is 24.0 Å². The van der Waals surface area contributed by atoms with Gasteiger partial charge in [0.1, 0.15) is 25.3 Å². The molecule has 0 N–H and O–H groups in total. The van der Waals surface area contributed by atoms with E-state index in [1.54, 1.807) is 6.92 Å². The molecule has 0 aliphatic heterocycles. The third-order valence-corrected chi connectivity index (χ3v) is 6.53. The van der Waals surface area contributed by atoms with E-state index < -0.39 is 10.8 Å². The van der Waals surface area contributed by atoms with Gasteiger partial charge in [-0.15, -0.1) is 0 Å². The molecule has 0 atom stereocenters. The van der Waals surface area contributed by atoms with Crippen molar-refractivity contribution < 1.29 is 33.4 Å². The number of ether oxygens (including phenoxy) is 3. The van der Waals surface area contributed by atoms with E-state index in [0.29, 0.717) is 12.8 Å². The Balaban J connectivity index is 4.08. The summed E-state index contributed by atoms with van der Waals surface area (Å²) in [5, 5.41) is 0. The summed E-state index contributed by atoms with van der Waals surface area (Å²) in [6.07, 6.45) is 5.22. The smallest absolute Gasteiger partial charge is 0.311 e. The van der Waals surface area contributed by atoms with E-state index in [-0.39, 0.29) is 55.0 Å². The quantitative estimate of drug-likeness (QED) is 0.147. The van der Waals surface area contributed by atoms with Gasteiger partial charge >= 0.3 is 11.9 Å². The molecule has 0 aliphatic rings. The number of ketones is 1. The predicted octanol–water partition coefficient (Wildman–Crippen LogP) is 5.32. The third kappa shape index (κ3) is 12.6. The van der Waals surface area contributed by atoms with E-state index in [0.717, 1.165) is 32.0 Å². The molecule has 34 heavy (non-hydrogen) atoms. The van der Waals surface area contributed by atoms with Gasteiger partial charge in [-0.05, 0) is 60.3 Å². The molecule has 7 nitrogen and oxygen atoms in total. The Bertz CT molecular complexity index is 674. The Morgan fingerprint density at radius 2 is 1.00 bits per heavy atom. The minimum absolute atomic E-state index is 0.132. The third-order valence-electron chi connectivity index (χ3n) is 6.53. The molecule has 0 aromatic heterocycles. The second-order valence-electron chi connectivity index (χ2n) is 11.9. The first-order valence-corrected chi connectivity index (χ1v) is 12.4. The molecule has 198 valence electrons. The molecule has 0 radical (unpaired) electrons. The molecule has 0 unspecified atom stereocenters. The summed E-state index contributed by atoms with van der Waals surface area (Å²) in [6.45, 7) is 17.3. The van der Waals surface area contributed by atoms with Gasteiger partial charge in [-0.1, -0.05) is 40.5 Å². The van der Waals surface area contributed by atoms with Gasteiger partial charge < -0.3 is 19.0 Å². The van der Waals surface area contributed by atoms with Crippen molar-refractivity contribution >= 4 is 24.0 Å². The SMILES string of the molecule is CC(=O)C(C)(C)CCCC(C)(C)C(=O)OCCOCCOC(=O)C(C)(C)CCCC(C)(C)C=O. The van der Waals surface area contributed by atoms with E-state index in [1.807, 2.05) is 55.4 Å². The zero-order chi connectivity index (χ0) is 26.6. The fourth-order valence-electron chi connectivity index (χ4n) is 3.28. The monoisotopic (exact) mass is 484 g/mol. The number of hydrogen-bond donors (Lipinski definition) is 0. The van der Waals surface area contributed by atoms with Crippen LogP contribution in [0.2, 0.25) is 0 Å². The summed E-state index contributed by atoms with van der Waals surface area (Å²) in [7, 11) is 0. The van der Waals surface area contributed by atoms with E-state index in [1.165, 1.54) is 0 Å². The number of rotatable bonds is 18. The normalized spacial score (nSPS) is 12.9. The number of carbonyl (C=O) groups is 4. The van der Waals surface area contributed by atoms with E-state index in [2.05, 4.69) is 0 Å². The summed E-state index contributed by atoms with van der Waals surface area (Å²) < 4.78 is 16.1. The number of esters is 2. The highest BCUT2D eigenvalue weighted by Crippen LogP contribution is 2.31. The standard InChI is InChI=1S/C27H48O7/c1-21(29)25(4,5)13-11-15-27(8,9)23(31)34-19-17-32-16-18-33-22(30)26(6,7)14-10-12-24(2,3)20-28/h20H,10-19H2,1-9H3. The van der Waals surface area contributed by atoms with Crippen molar-refractivity contribution in [3.8, 4) is 0 Å². The predicted molar refractivity (Wildman–Crippen MR) is 132 cm³/mol. The Kier molecular flexibility index (Phi) is 13.2. The second-order valence-corrected chi connectivity index (χ2v) is 11.9. The number of hydrogen-bond acceptors (Lipinski definition) is 7. The van der Waals surface area contributed by atoms with Crippen molar-refractivity contribution in [3.05, 3.63) is 0 Å². The molecule has 0 heterocycles. The maximum Gasteiger partial charge on any atom is 0.311 e. The maximum atomic E-state index is 12.4. The highest BCUT2D eigenvalue weighted by atomic mass is 16.6. The van der Waals surface area contributed by atoms with Crippen molar-refractivity contribution in [1.29, 1.82) is 0 Å². The lowest BCUT2D eigenvalue weighted by atomic mass is 9.79. The van der Waals surface area contributed by atoms with Crippen LogP contribution in [0.4, 0.5) is 0 Å². The zero-order valence-corrected chi connectivity index (χ0v) is 23.0. The van der Waals surface area contributed by atoms with Crippen LogP contribution in [0.1, 0.15) is 101 Å². The number of Topliss-reactive ketones (excluding diaryl/α,β-unsaturated/α-hetero) is 1. The van der Waals surface area contributed by atoms with Crippen molar-refractivity contribution in [2.75, 3.05) is 26.4 Å². The lowest BCUT2D eigenvalue weighted by Crippen LogP contribution is -2.29. The summed E-state index contributed by atoms with van der Waals surface area (Å²) in [5.41, 5.74) is -2.01. The summed E-state index contributed by atoms with van der Waals surface area (Å²) in [5.74, 6) is -0.429. The van der Waals surface area contributed by atoms with Crippen LogP contribution in [0.5, 0.6) is 0 Å². The van der Waals surface area contributed by atoms with Crippen LogP contribution in [0.25, 0.3) is 0 Å². The zero-order valence-electron chi connectivity index (χ0n) is 23.0. The van der Waals surface area contributed by atoms with Crippen LogP contribution in [0.3, 0.4) is 0 Å². The van der Waals surface area contributed by atoms with Crippen molar-refractivity contribution in [2.45, 2.75) is 101 Å². The summed E-state index contributed by atoms with van der Waals surface area (Å²) in [6, 6.07) is 0. The van der Waals surface area contributed by atoms with E-state index >= 15 is 0 Å². The first-order valence-electron chi connectivity index (χ1n) is 12.4. The first-order chi connectivity index (χ1) is 15.5. The first kappa shape index (κ1) is 32.2. The molecule has 0 saturated heterocycles. The fourth-order valence-corrected chi connectivity index (χ4v) is 3.28. The van der Waals surface area contributed by atoms with Crippen molar-refractivity contribution in [2.24, 2.45) is 21.7 Å².